The number of carbonyl (C=O) groups is 3. The van der Waals surface area contributed by atoms with Crippen LogP contribution in [0.15, 0.2) is 0 Å². The van der Waals surface area contributed by atoms with E-state index in [1.54, 1.807) is 0 Å². The Kier molecular flexibility index (Phi) is 3.44. The maximum absolute atomic E-state index is 11.1. The van der Waals surface area contributed by atoms with Crippen LogP contribution in [-0.4, -0.2) is 35.8 Å². The summed E-state index contributed by atoms with van der Waals surface area (Å²) in [4.78, 5) is 33.6. The number of hydrogen-bond acceptors (Lipinski definition) is 3. The number of nitrogens with one attached hydrogen (secondary N) is 1. The van der Waals surface area contributed by atoms with Gasteiger partial charge < -0.3 is 11.1 Å². The molecule has 3 N–H and O–H groups in total. The summed E-state index contributed by atoms with van der Waals surface area (Å²) < 4.78 is 0. The standard InChI is InChI=1S/C8H13N3O3/c9-6(12)3-1-2-4-11-7(13)5-10-8(11)14/h1-5H2,(H2,9,12)(H,10,14). The van der Waals surface area contributed by atoms with E-state index in [2.05, 4.69) is 5.32 Å². The van der Waals surface area contributed by atoms with Gasteiger partial charge in [-0.2, -0.15) is 0 Å². The number of carbonyl (C=O) groups excluding carboxylic acids is 3. The molecule has 6 nitrogen and oxygen atoms in total. The largest absolute Gasteiger partial charge is 0.370 e. The lowest BCUT2D eigenvalue weighted by molar-refractivity contribution is -0.125. The monoisotopic (exact) mass is 199 g/mol. The minimum Gasteiger partial charge on any atom is -0.370 e. The van der Waals surface area contributed by atoms with Gasteiger partial charge in [-0.25, -0.2) is 4.79 Å². The van der Waals surface area contributed by atoms with Gasteiger partial charge in [-0.1, -0.05) is 0 Å². The lowest BCUT2D eigenvalue weighted by Crippen LogP contribution is -2.31. The second-order valence-corrected chi connectivity index (χ2v) is 3.13. The van der Waals surface area contributed by atoms with Crippen molar-refractivity contribution in [1.29, 1.82) is 0 Å². The molecule has 1 aliphatic rings. The molecule has 0 radical (unpaired) electrons. The number of nitrogens with two attached hydrogens (primary N) is 1. The highest BCUT2D eigenvalue weighted by Gasteiger charge is 2.27. The SMILES string of the molecule is NC(=O)CCCCN1C(=O)CNC1=O. The normalized spacial score (nSPS) is 15.9. The predicted octanol–water partition coefficient (Wildman–Crippen LogP) is -0.806. The summed E-state index contributed by atoms with van der Waals surface area (Å²) in [6.07, 6.45) is 1.51. The van der Waals surface area contributed by atoms with Crippen LogP contribution in [0.4, 0.5) is 4.79 Å². The Labute approximate surface area is 81.4 Å². The molecule has 0 aromatic rings. The molecular weight excluding hydrogens is 186 g/mol. The van der Waals surface area contributed by atoms with E-state index in [-0.39, 0.29) is 24.4 Å². The summed E-state index contributed by atoms with van der Waals surface area (Å²) in [6.45, 7) is 0.437. The van der Waals surface area contributed by atoms with Crippen molar-refractivity contribution in [3.63, 3.8) is 0 Å². The smallest absolute Gasteiger partial charge is 0.324 e. The molecule has 0 spiro atoms. The van der Waals surface area contributed by atoms with E-state index in [1.807, 2.05) is 0 Å². The number of amides is 4. The fourth-order valence-corrected chi connectivity index (χ4v) is 1.25. The molecule has 1 aliphatic heterocycles. The van der Waals surface area contributed by atoms with Crippen LogP contribution in [0.1, 0.15) is 19.3 Å². The molecule has 14 heavy (non-hydrogen) atoms. The molecule has 78 valence electrons. The molecule has 0 aromatic carbocycles. The summed E-state index contributed by atoms with van der Waals surface area (Å²) >= 11 is 0. The van der Waals surface area contributed by atoms with Crippen LogP contribution in [-0.2, 0) is 9.59 Å². The molecule has 0 unspecified atom stereocenters. The maximum Gasteiger partial charge on any atom is 0.324 e. The van der Waals surface area contributed by atoms with Crippen molar-refractivity contribution in [2.45, 2.75) is 19.3 Å². The van der Waals surface area contributed by atoms with Gasteiger partial charge in [0.15, 0.2) is 0 Å². The average molecular weight is 199 g/mol. The van der Waals surface area contributed by atoms with E-state index in [1.165, 1.54) is 0 Å². The van der Waals surface area contributed by atoms with Crippen LogP contribution in [0, 0.1) is 0 Å². The van der Waals surface area contributed by atoms with Gasteiger partial charge in [-0.15, -0.1) is 0 Å². The van der Waals surface area contributed by atoms with E-state index < -0.39 is 0 Å². The third-order valence-corrected chi connectivity index (χ3v) is 1.99. The first kappa shape index (κ1) is 10.5. The Balaban J connectivity index is 2.20. The lowest BCUT2D eigenvalue weighted by atomic mass is 10.2. The molecule has 1 fully saturated rings. The second-order valence-electron chi connectivity index (χ2n) is 3.13. The zero-order chi connectivity index (χ0) is 10.6. The van der Waals surface area contributed by atoms with Gasteiger partial charge >= 0.3 is 6.03 Å². The number of primary amides is 1. The van der Waals surface area contributed by atoms with E-state index in [0.717, 1.165) is 4.90 Å². The summed E-state index contributed by atoms with van der Waals surface area (Å²) in [7, 11) is 0. The summed E-state index contributed by atoms with van der Waals surface area (Å²) in [5.41, 5.74) is 4.94. The molecule has 4 amide bonds. The van der Waals surface area contributed by atoms with Crippen molar-refractivity contribution in [3.05, 3.63) is 0 Å². The first-order valence-electron chi connectivity index (χ1n) is 4.48. The van der Waals surface area contributed by atoms with Crippen molar-refractivity contribution < 1.29 is 14.4 Å². The minimum atomic E-state index is -0.359. The second kappa shape index (κ2) is 4.59. The highest BCUT2D eigenvalue weighted by molar-refractivity contribution is 6.01. The summed E-state index contributed by atoms with van der Waals surface area (Å²) in [5, 5.41) is 2.41. The van der Waals surface area contributed by atoms with Gasteiger partial charge in [0, 0.05) is 13.0 Å². The molecule has 1 saturated heterocycles. The molecule has 0 saturated carbocycles. The number of hydrogen-bond donors (Lipinski definition) is 2. The number of nitrogens with zero attached hydrogens (tertiary/aromatic N) is 1. The van der Waals surface area contributed by atoms with Crippen molar-refractivity contribution in [2.75, 3.05) is 13.1 Å². The first-order chi connectivity index (χ1) is 6.61. The zero-order valence-corrected chi connectivity index (χ0v) is 7.78. The van der Waals surface area contributed by atoms with Gasteiger partial charge in [0.25, 0.3) is 0 Å². The van der Waals surface area contributed by atoms with Gasteiger partial charge in [0.1, 0.15) is 0 Å². The van der Waals surface area contributed by atoms with Gasteiger partial charge in [0.05, 0.1) is 6.54 Å². The summed E-state index contributed by atoms with van der Waals surface area (Å²) in [5.74, 6) is -0.573. The van der Waals surface area contributed by atoms with Crippen LogP contribution in [0.5, 0.6) is 0 Å². The van der Waals surface area contributed by atoms with Crippen LogP contribution in [0.2, 0.25) is 0 Å². The lowest BCUT2D eigenvalue weighted by Gasteiger charge is -2.10. The van der Waals surface area contributed by atoms with Crippen molar-refractivity contribution in [3.8, 4) is 0 Å². The van der Waals surface area contributed by atoms with E-state index in [4.69, 9.17) is 5.73 Å². The van der Waals surface area contributed by atoms with Crippen molar-refractivity contribution in [1.82, 2.24) is 10.2 Å². The number of unbranched alkanes of at least 4 members (excludes halogenated alkanes) is 1. The number of rotatable bonds is 5. The number of imide groups is 1. The quantitative estimate of drug-likeness (QED) is 0.448. The van der Waals surface area contributed by atoms with Gasteiger partial charge in [-0.05, 0) is 12.8 Å². The van der Waals surface area contributed by atoms with E-state index in [0.29, 0.717) is 25.8 Å². The van der Waals surface area contributed by atoms with Crippen LogP contribution in [0.25, 0.3) is 0 Å². The highest BCUT2D eigenvalue weighted by Crippen LogP contribution is 2.03. The van der Waals surface area contributed by atoms with Crippen LogP contribution < -0.4 is 11.1 Å². The average Bonchev–Trinajstić information content (AvgIpc) is 2.42. The van der Waals surface area contributed by atoms with Crippen molar-refractivity contribution in [2.24, 2.45) is 5.73 Å². The molecule has 6 heteroatoms. The molecule has 0 bridgehead atoms. The third-order valence-electron chi connectivity index (χ3n) is 1.99. The fraction of sp³-hybridized carbons (Fsp3) is 0.625. The molecule has 1 heterocycles. The molecular formula is C8H13N3O3. The first-order valence-corrected chi connectivity index (χ1v) is 4.48. The molecule has 0 atom stereocenters. The Hall–Kier alpha value is -1.59. The minimum absolute atomic E-state index is 0.0780. The van der Waals surface area contributed by atoms with E-state index >= 15 is 0 Å². The highest BCUT2D eigenvalue weighted by atomic mass is 16.2. The van der Waals surface area contributed by atoms with Crippen LogP contribution >= 0.6 is 0 Å². The van der Waals surface area contributed by atoms with E-state index in [9.17, 15) is 14.4 Å². The molecule has 1 rings (SSSR count). The number of urea groups is 1. The summed E-state index contributed by atoms with van der Waals surface area (Å²) in [6, 6.07) is -0.353. The van der Waals surface area contributed by atoms with Gasteiger partial charge in [-0.3, -0.25) is 14.5 Å². The predicted molar refractivity (Wildman–Crippen MR) is 48.2 cm³/mol. The fourth-order valence-electron chi connectivity index (χ4n) is 1.25. The van der Waals surface area contributed by atoms with Crippen molar-refractivity contribution >= 4 is 17.8 Å². The van der Waals surface area contributed by atoms with Crippen LogP contribution in [0.3, 0.4) is 0 Å². The topological polar surface area (TPSA) is 92.5 Å². The Bertz CT molecular complexity index is 249. The zero-order valence-electron chi connectivity index (χ0n) is 7.78. The molecule has 0 aromatic heterocycles. The third kappa shape index (κ3) is 2.72. The Morgan fingerprint density at radius 2 is 2.14 bits per heavy atom. The maximum atomic E-state index is 11.1. The Morgan fingerprint density at radius 1 is 1.43 bits per heavy atom. The Morgan fingerprint density at radius 3 is 2.64 bits per heavy atom. The van der Waals surface area contributed by atoms with Gasteiger partial charge in [0.2, 0.25) is 11.8 Å². The molecule has 0 aliphatic carbocycles.